The van der Waals surface area contributed by atoms with Crippen LogP contribution in [0.15, 0.2) is 11.6 Å². The molecule has 2 aromatic heterocycles. The molecule has 0 aromatic carbocycles. The molecule has 2 aromatic rings. The Morgan fingerprint density at radius 1 is 1.44 bits per heavy atom. The van der Waals surface area contributed by atoms with Gasteiger partial charge in [-0.25, -0.2) is 0 Å². The predicted octanol–water partition coefficient (Wildman–Crippen LogP) is 0.966. The van der Waals surface area contributed by atoms with Crippen molar-refractivity contribution in [2.75, 3.05) is 44.2 Å². The van der Waals surface area contributed by atoms with Crippen LogP contribution in [0.5, 0.6) is 0 Å². The van der Waals surface area contributed by atoms with Gasteiger partial charge in [0.05, 0.1) is 12.2 Å². The summed E-state index contributed by atoms with van der Waals surface area (Å²) in [5.41, 5.74) is 0. The van der Waals surface area contributed by atoms with Crippen molar-refractivity contribution in [3.8, 4) is 0 Å². The number of thiazole rings is 1. The summed E-state index contributed by atoms with van der Waals surface area (Å²) in [5.74, 6) is 0.472. The fraction of sp³-hybridized carbons (Fsp3) is 0.667. The van der Waals surface area contributed by atoms with Gasteiger partial charge in [-0.2, -0.15) is 9.38 Å². The van der Waals surface area contributed by atoms with E-state index in [-0.39, 0.29) is 16.8 Å². The van der Waals surface area contributed by atoms with Crippen LogP contribution < -0.4 is 4.90 Å². The van der Waals surface area contributed by atoms with Crippen molar-refractivity contribution in [3.63, 3.8) is 0 Å². The highest BCUT2D eigenvalue weighted by Gasteiger charge is 2.31. The molecule has 0 bridgehead atoms. The van der Waals surface area contributed by atoms with Crippen LogP contribution in [-0.4, -0.2) is 75.9 Å². The number of aromatic nitrogens is 2. The van der Waals surface area contributed by atoms with E-state index in [0.717, 1.165) is 32.5 Å². The molecule has 2 aliphatic rings. The van der Waals surface area contributed by atoms with E-state index in [1.54, 1.807) is 11.6 Å². The quantitative estimate of drug-likeness (QED) is 0.621. The van der Waals surface area contributed by atoms with Crippen LogP contribution in [0.1, 0.15) is 12.8 Å². The van der Waals surface area contributed by atoms with E-state index in [2.05, 4.69) is 9.88 Å². The van der Waals surface area contributed by atoms with Gasteiger partial charge in [-0.1, -0.05) is 11.3 Å². The van der Waals surface area contributed by atoms with Gasteiger partial charge >= 0.3 is 5.82 Å². The van der Waals surface area contributed by atoms with Crippen LogP contribution in [0.25, 0.3) is 4.96 Å². The molecule has 0 radical (unpaired) electrons. The zero-order chi connectivity index (χ0) is 17.4. The molecule has 25 heavy (non-hydrogen) atoms. The van der Waals surface area contributed by atoms with Crippen LogP contribution in [0.2, 0.25) is 0 Å². The fourth-order valence-corrected chi connectivity index (χ4v) is 4.28. The standard InChI is InChI=1S/C15H21N5O4S/c21-11(12-2-1-8-24-12)10-17-3-5-18(6-4-17)13-14(20(22)23)19-7-9-25-15(19)16-13/h7,9,11-12,21H,1-6,8,10H2/t11-,12-/m1/s1. The molecule has 2 aliphatic heterocycles. The first-order valence-corrected chi connectivity index (χ1v) is 9.38. The van der Waals surface area contributed by atoms with Gasteiger partial charge in [0.25, 0.3) is 4.96 Å². The Balaban J connectivity index is 1.41. The summed E-state index contributed by atoms with van der Waals surface area (Å²) < 4.78 is 7.08. The van der Waals surface area contributed by atoms with E-state index in [0.29, 0.717) is 30.4 Å². The molecule has 10 heteroatoms. The Morgan fingerprint density at radius 2 is 2.24 bits per heavy atom. The Labute approximate surface area is 148 Å². The molecule has 2 fully saturated rings. The second-order valence-corrected chi connectivity index (χ2v) is 7.35. The Kier molecular flexibility index (Phi) is 4.59. The molecule has 4 rings (SSSR count). The largest absolute Gasteiger partial charge is 0.389 e. The number of rotatable bonds is 5. The van der Waals surface area contributed by atoms with Gasteiger partial charge in [-0.3, -0.25) is 4.90 Å². The number of aliphatic hydroxyl groups excluding tert-OH is 1. The number of ether oxygens (including phenoxy) is 1. The number of fused-ring (bicyclic) bond motifs is 1. The van der Waals surface area contributed by atoms with Crippen molar-refractivity contribution in [2.45, 2.75) is 25.0 Å². The maximum absolute atomic E-state index is 11.5. The zero-order valence-electron chi connectivity index (χ0n) is 13.8. The average molecular weight is 367 g/mol. The number of nitro groups is 1. The molecule has 0 aliphatic carbocycles. The molecule has 0 amide bonds. The lowest BCUT2D eigenvalue weighted by atomic mass is 10.1. The van der Waals surface area contributed by atoms with E-state index in [4.69, 9.17) is 4.74 Å². The summed E-state index contributed by atoms with van der Waals surface area (Å²) in [6, 6.07) is 0. The lowest BCUT2D eigenvalue weighted by molar-refractivity contribution is -0.389. The second kappa shape index (κ2) is 6.87. The molecular weight excluding hydrogens is 346 g/mol. The third kappa shape index (κ3) is 3.22. The van der Waals surface area contributed by atoms with Crippen LogP contribution in [-0.2, 0) is 4.74 Å². The monoisotopic (exact) mass is 367 g/mol. The number of hydrogen-bond acceptors (Lipinski definition) is 8. The van der Waals surface area contributed by atoms with Gasteiger partial charge in [0.1, 0.15) is 6.20 Å². The van der Waals surface area contributed by atoms with Crippen LogP contribution in [0, 0.1) is 10.1 Å². The molecular formula is C15H21N5O4S. The molecule has 0 spiro atoms. The van der Waals surface area contributed by atoms with Crippen molar-refractivity contribution in [1.82, 2.24) is 14.3 Å². The highest BCUT2D eigenvalue weighted by Crippen LogP contribution is 2.31. The minimum Gasteiger partial charge on any atom is -0.389 e. The van der Waals surface area contributed by atoms with E-state index >= 15 is 0 Å². The van der Waals surface area contributed by atoms with E-state index in [9.17, 15) is 15.2 Å². The summed E-state index contributed by atoms with van der Waals surface area (Å²) >= 11 is 1.39. The van der Waals surface area contributed by atoms with Gasteiger partial charge in [-0.15, -0.1) is 0 Å². The van der Waals surface area contributed by atoms with Crippen LogP contribution in [0.4, 0.5) is 11.6 Å². The summed E-state index contributed by atoms with van der Waals surface area (Å²) in [6.45, 7) is 4.11. The van der Waals surface area contributed by atoms with E-state index in [1.165, 1.54) is 15.7 Å². The first kappa shape index (κ1) is 16.7. The Morgan fingerprint density at radius 3 is 2.92 bits per heavy atom. The van der Waals surface area contributed by atoms with E-state index in [1.807, 2.05) is 4.90 Å². The van der Waals surface area contributed by atoms with Crippen molar-refractivity contribution in [3.05, 3.63) is 21.7 Å². The van der Waals surface area contributed by atoms with E-state index < -0.39 is 6.10 Å². The first-order chi connectivity index (χ1) is 12.1. The number of imidazole rings is 1. The summed E-state index contributed by atoms with van der Waals surface area (Å²) in [6.07, 6.45) is 3.08. The average Bonchev–Trinajstić information content (AvgIpc) is 3.31. The normalized spacial score (nSPS) is 23.4. The highest BCUT2D eigenvalue weighted by atomic mass is 32.1. The Bertz CT molecular complexity index is 748. The number of aliphatic hydroxyl groups is 1. The van der Waals surface area contributed by atoms with Gasteiger partial charge < -0.3 is 24.9 Å². The number of anilines is 1. The lowest BCUT2D eigenvalue weighted by Gasteiger charge is -2.36. The first-order valence-electron chi connectivity index (χ1n) is 8.50. The predicted molar refractivity (Wildman–Crippen MR) is 93.4 cm³/mol. The topological polar surface area (TPSA) is 96.4 Å². The Hall–Kier alpha value is -1.75. The highest BCUT2D eigenvalue weighted by molar-refractivity contribution is 7.15. The molecule has 2 atom stereocenters. The van der Waals surface area contributed by atoms with Crippen molar-refractivity contribution < 1.29 is 14.8 Å². The molecule has 0 unspecified atom stereocenters. The number of piperazine rings is 1. The molecule has 4 heterocycles. The molecule has 2 saturated heterocycles. The second-order valence-electron chi connectivity index (χ2n) is 6.48. The van der Waals surface area contributed by atoms with Crippen LogP contribution >= 0.6 is 11.3 Å². The number of hydrogen-bond donors (Lipinski definition) is 1. The van der Waals surface area contributed by atoms with Gasteiger partial charge in [0.2, 0.25) is 5.82 Å². The molecule has 9 nitrogen and oxygen atoms in total. The fourth-order valence-electron chi connectivity index (χ4n) is 3.57. The minimum absolute atomic E-state index is 0.0316. The zero-order valence-corrected chi connectivity index (χ0v) is 14.6. The molecule has 0 saturated carbocycles. The summed E-state index contributed by atoms with van der Waals surface area (Å²) in [4.78, 5) is 20.3. The summed E-state index contributed by atoms with van der Waals surface area (Å²) in [5, 5.41) is 23.5. The van der Waals surface area contributed by atoms with Crippen molar-refractivity contribution in [1.29, 1.82) is 0 Å². The van der Waals surface area contributed by atoms with Crippen molar-refractivity contribution in [2.24, 2.45) is 0 Å². The van der Waals surface area contributed by atoms with Gasteiger partial charge in [0, 0.05) is 44.7 Å². The molecule has 136 valence electrons. The number of β-amino-alcohol motifs (C(OH)–C–C–N with tert-alkyl or cyclic N) is 1. The van der Waals surface area contributed by atoms with Crippen molar-refractivity contribution >= 4 is 27.9 Å². The molecule has 1 N–H and O–H groups in total. The van der Waals surface area contributed by atoms with Crippen LogP contribution in [0.3, 0.4) is 0 Å². The summed E-state index contributed by atoms with van der Waals surface area (Å²) in [7, 11) is 0. The maximum atomic E-state index is 11.5. The van der Waals surface area contributed by atoms with Gasteiger partial charge in [-0.05, 0) is 17.8 Å². The smallest absolute Gasteiger partial charge is 0.373 e. The SMILES string of the molecule is O=[N+]([O-])c1c(N2CCN(C[C@@H](O)[C@H]3CCCO3)CC2)nc2sccn12. The van der Waals surface area contributed by atoms with Gasteiger partial charge in [0.15, 0.2) is 0 Å². The minimum atomic E-state index is -0.471. The maximum Gasteiger partial charge on any atom is 0.373 e. The third-order valence-electron chi connectivity index (χ3n) is 4.90. The number of nitrogens with zero attached hydrogens (tertiary/aromatic N) is 5. The lowest BCUT2D eigenvalue weighted by Crippen LogP contribution is -2.50. The third-order valence-corrected chi connectivity index (χ3v) is 5.66.